The molecule has 0 aliphatic rings. The Labute approximate surface area is 157 Å². The van der Waals surface area contributed by atoms with Crippen molar-refractivity contribution in [3.63, 3.8) is 0 Å². The average molecular weight is 363 g/mol. The Morgan fingerprint density at radius 2 is 1.78 bits per heavy atom. The summed E-state index contributed by atoms with van der Waals surface area (Å²) in [7, 11) is 0. The molecule has 0 fully saturated rings. The number of rotatable bonds is 6. The van der Waals surface area contributed by atoms with Gasteiger partial charge in [-0.15, -0.1) is 0 Å². The molecule has 0 amide bonds. The lowest BCUT2D eigenvalue weighted by Crippen LogP contribution is -2.09. The fourth-order valence-electron chi connectivity index (χ4n) is 3.05. The number of aromatic nitrogens is 1. The van der Waals surface area contributed by atoms with Crippen LogP contribution in [0.4, 0.5) is 0 Å². The van der Waals surface area contributed by atoms with Crippen molar-refractivity contribution in [1.82, 2.24) is 4.98 Å². The number of nitrogens with zero attached hydrogens (tertiary/aromatic N) is 1. The lowest BCUT2D eigenvalue weighted by molar-refractivity contribution is -0.143. The highest BCUT2D eigenvalue weighted by atomic mass is 16.5. The minimum Gasteiger partial charge on any atom is -0.506 e. The van der Waals surface area contributed by atoms with Crippen LogP contribution < -0.4 is 0 Å². The molecule has 3 rings (SSSR count). The van der Waals surface area contributed by atoms with Crippen LogP contribution >= 0.6 is 0 Å². The van der Waals surface area contributed by atoms with E-state index in [0.29, 0.717) is 5.52 Å². The molecule has 5 heteroatoms. The van der Waals surface area contributed by atoms with Crippen LogP contribution in [0, 0.1) is 6.92 Å². The van der Waals surface area contributed by atoms with E-state index >= 15 is 0 Å². The van der Waals surface area contributed by atoms with E-state index in [-0.39, 0.29) is 36.7 Å². The third-order valence-corrected chi connectivity index (χ3v) is 4.39. The Morgan fingerprint density at radius 3 is 2.52 bits per heavy atom. The minimum absolute atomic E-state index is 0.0205. The van der Waals surface area contributed by atoms with E-state index in [9.17, 15) is 14.7 Å². The van der Waals surface area contributed by atoms with Crippen LogP contribution in [-0.4, -0.2) is 28.4 Å². The van der Waals surface area contributed by atoms with E-state index in [1.807, 2.05) is 49.4 Å². The molecule has 0 saturated heterocycles. The fourth-order valence-corrected chi connectivity index (χ4v) is 3.05. The normalized spacial score (nSPS) is 10.7. The smallest absolute Gasteiger partial charge is 0.306 e. The number of benzene rings is 2. The van der Waals surface area contributed by atoms with E-state index in [4.69, 9.17) is 4.74 Å². The standard InChI is InChI=1S/C22H21NO4/c1-3-27-20(26)12-11-18(24)22-19(25)13-15-8-6-10-17(21(15)23-22)16-9-5-4-7-14(16)2/h4-10,13,25H,3,11-12H2,1-2H3. The molecule has 27 heavy (non-hydrogen) atoms. The number of aromatic hydroxyl groups is 1. The Bertz CT molecular complexity index is 1010. The molecule has 0 unspecified atom stereocenters. The number of carbonyl (C=O) groups excluding carboxylic acids is 2. The van der Waals surface area contributed by atoms with Crippen molar-refractivity contribution in [1.29, 1.82) is 0 Å². The predicted octanol–water partition coefficient (Wildman–Crippen LogP) is 4.44. The Morgan fingerprint density at radius 1 is 1.04 bits per heavy atom. The first-order valence-electron chi connectivity index (χ1n) is 8.88. The molecule has 1 heterocycles. The van der Waals surface area contributed by atoms with Crippen LogP contribution in [-0.2, 0) is 9.53 Å². The zero-order chi connectivity index (χ0) is 19.4. The van der Waals surface area contributed by atoms with Crippen LogP contribution in [0.5, 0.6) is 5.75 Å². The molecule has 0 bridgehead atoms. The van der Waals surface area contributed by atoms with Gasteiger partial charge < -0.3 is 9.84 Å². The maximum absolute atomic E-state index is 12.5. The van der Waals surface area contributed by atoms with E-state index in [0.717, 1.165) is 22.1 Å². The number of hydrogen-bond donors (Lipinski definition) is 1. The molecular weight excluding hydrogens is 342 g/mol. The van der Waals surface area contributed by atoms with Gasteiger partial charge in [0.25, 0.3) is 0 Å². The first kappa shape index (κ1) is 18.6. The second kappa shape index (κ2) is 7.99. The number of para-hydroxylation sites is 1. The molecule has 3 aromatic rings. The van der Waals surface area contributed by atoms with Gasteiger partial charge in [0.15, 0.2) is 5.78 Å². The van der Waals surface area contributed by atoms with Gasteiger partial charge in [0, 0.05) is 17.4 Å². The number of carbonyl (C=O) groups is 2. The summed E-state index contributed by atoms with van der Waals surface area (Å²) in [5, 5.41) is 11.0. The summed E-state index contributed by atoms with van der Waals surface area (Å²) >= 11 is 0. The van der Waals surface area contributed by atoms with Crippen molar-refractivity contribution in [3.8, 4) is 16.9 Å². The molecule has 0 aliphatic heterocycles. The van der Waals surface area contributed by atoms with Gasteiger partial charge in [0.2, 0.25) is 0 Å². The zero-order valence-corrected chi connectivity index (χ0v) is 15.4. The summed E-state index contributed by atoms with van der Waals surface area (Å²) in [5.41, 5.74) is 3.63. The third kappa shape index (κ3) is 3.97. The highest BCUT2D eigenvalue weighted by Gasteiger charge is 2.18. The number of Topliss-reactive ketones (excluding diaryl/α,β-unsaturated/α-hetero) is 1. The highest BCUT2D eigenvalue weighted by Crippen LogP contribution is 2.32. The van der Waals surface area contributed by atoms with Crippen molar-refractivity contribution in [2.45, 2.75) is 26.7 Å². The molecular formula is C22H21NO4. The second-order valence-electron chi connectivity index (χ2n) is 6.28. The van der Waals surface area contributed by atoms with Gasteiger partial charge in [0.05, 0.1) is 18.5 Å². The van der Waals surface area contributed by atoms with Gasteiger partial charge in [-0.2, -0.15) is 0 Å². The highest BCUT2D eigenvalue weighted by molar-refractivity contribution is 6.03. The number of ketones is 1. The number of pyridine rings is 1. The van der Waals surface area contributed by atoms with Gasteiger partial charge >= 0.3 is 5.97 Å². The van der Waals surface area contributed by atoms with Crippen molar-refractivity contribution in [2.75, 3.05) is 6.61 Å². The van der Waals surface area contributed by atoms with Crippen molar-refractivity contribution < 1.29 is 19.4 Å². The Hall–Kier alpha value is -3.21. The fraction of sp³-hybridized carbons (Fsp3) is 0.227. The van der Waals surface area contributed by atoms with E-state index in [1.54, 1.807) is 13.0 Å². The molecule has 0 atom stereocenters. The van der Waals surface area contributed by atoms with E-state index in [1.165, 1.54) is 0 Å². The van der Waals surface area contributed by atoms with Crippen LogP contribution in [0.15, 0.2) is 48.5 Å². The summed E-state index contributed by atoms with van der Waals surface area (Å²) in [6.07, 6.45) is -0.0945. The second-order valence-corrected chi connectivity index (χ2v) is 6.28. The molecule has 0 aliphatic carbocycles. The summed E-state index contributed by atoms with van der Waals surface area (Å²) < 4.78 is 4.84. The molecule has 0 saturated carbocycles. The molecule has 2 aromatic carbocycles. The quantitative estimate of drug-likeness (QED) is 0.517. The lowest BCUT2D eigenvalue weighted by Gasteiger charge is -2.11. The number of esters is 1. The molecule has 5 nitrogen and oxygen atoms in total. The zero-order valence-electron chi connectivity index (χ0n) is 15.4. The van der Waals surface area contributed by atoms with Crippen molar-refractivity contribution in [3.05, 3.63) is 59.8 Å². The van der Waals surface area contributed by atoms with Gasteiger partial charge in [-0.3, -0.25) is 9.59 Å². The number of hydrogen-bond acceptors (Lipinski definition) is 5. The van der Waals surface area contributed by atoms with Crippen LogP contribution in [0.25, 0.3) is 22.0 Å². The van der Waals surface area contributed by atoms with Crippen LogP contribution in [0.1, 0.15) is 35.8 Å². The average Bonchev–Trinajstić information content (AvgIpc) is 2.66. The van der Waals surface area contributed by atoms with Gasteiger partial charge in [-0.25, -0.2) is 4.98 Å². The maximum Gasteiger partial charge on any atom is 0.306 e. The summed E-state index contributed by atoms with van der Waals surface area (Å²) in [6.45, 7) is 4.00. The largest absolute Gasteiger partial charge is 0.506 e. The van der Waals surface area contributed by atoms with Crippen molar-refractivity contribution in [2.24, 2.45) is 0 Å². The summed E-state index contributed by atoms with van der Waals surface area (Å²) in [4.78, 5) is 28.5. The van der Waals surface area contributed by atoms with Crippen LogP contribution in [0.3, 0.4) is 0 Å². The maximum atomic E-state index is 12.5. The monoisotopic (exact) mass is 363 g/mol. The predicted molar refractivity (Wildman–Crippen MR) is 104 cm³/mol. The molecule has 138 valence electrons. The molecule has 1 aromatic heterocycles. The van der Waals surface area contributed by atoms with Gasteiger partial charge in [-0.1, -0.05) is 42.5 Å². The van der Waals surface area contributed by atoms with Crippen molar-refractivity contribution >= 4 is 22.7 Å². The van der Waals surface area contributed by atoms with Crippen LogP contribution in [0.2, 0.25) is 0 Å². The topological polar surface area (TPSA) is 76.5 Å². The summed E-state index contributed by atoms with van der Waals surface area (Å²) in [6, 6.07) is 15.2. The first-order chi connectivity index (χ1) is 13.0. The van der Waals surface area contributed by atoms with E-state index < -0.39 is 5.97 Å². The SMILES string of the molecule is CCOC(=O)CCC(=O)c1nc2c(-c3ccccc3C)cccc2cc1O. The third-order valence-electron chi connectivity index (χ3n) is 4.39. The number of ether oxygens (including phenoxy) is 1. The minimum atomic E-state index is -0.438. The molecule has 0 radical (unpaired) electrons. The summed E-state index contributed by atoms with van der Waals surface area (Å²) in [5.74, 6) is -1.01. The number of fused-ring (bicyclic) bond motifs is 1. The Balaban J connectivity index is 2.02. The Kier molecular flexibility index (Phi) is 5.50. The lowest BCUT2D eigenvalue weighted by atomic mass is 9.97. The van der Waals surface area contributed by atoms with Gasteiger partial charge in [0.1, 0.15) is 11.4 Å². The first-order valence-corrected chi connectivity index (χ1v) is 8.88. The molecule has 1 N–H and O–H groups in total. The molecule has 0 spiro atoms. The number of aryl methyl sites for hydroxylation is 1. The van der Waals surface area contributed by atoms with E-state index in [2.05, 4.69) is 4.98 Å². The van der Waals surface area contributed by atoms with Gasteiger partial charge in [-0.05, 0) is 31.0 Å².